The van der Waals surface area contributed by atoms with Crippen molar-refractivity contribution in [3.8, 4) is 0 Å². The molecule has 0 aromatic carbocycles. The molecule has 0 amide bonds. The van der Waals surface area contributed by atoms with Crippen LogP contribution in [-0.2, 0) is 15.0 Å². The fourth-order valence-electron chi connectivity index (χ4n) is 1.93. The zero-order valence-corrected chi connectivity index (χ0v) is 11.9. The summed E-state index contributed by atoms with van der Waals surface area (Å²) >= 11 is 5.56. The van der Waals surface area contributed by atoms with Gasteiger partial charge in [0.15, 0.2) is 11.0 Å². The number of hydrogen-bond donors (Lipinski definition) is 2. The molecule has 110 valence electrons. The summed E-state index contributed by atoms with van der Waals surface area (Å²) in [6.45, 7) is 0.228. The van der Waals surface area contributed by atoms with Crippen LogP contribution in [0, 0.1) is 5.92 Å². The second-order valence-corrected chi connectivity index (χ2v) is 6.44. The van der Waals surface area contributed by atoms with E-state index in [-0.39, 0.29) is 24.1 Å². The van der Waals surface area contributed by atoms with Crippen LogP contribution in [0.15, 0.2) is 12.1 Å². The molecular formula is C10H13ClN4O4S. The first-order valence-electron chi connectivity index (χ1n) is 5.88. The third-order valence-corrected chi connectivity index (χ3v) is 4.62. The van der Waals surface area contributed by atoms with Gasteiger partial charge in [-0.05, 0) is 25.0 Å². The molecule has 0 radical (unpaired) electrons. The van der Waals surface area contributed by atoms with Crippen molar-refractivity contribution in [3.63, 3.8) is 0 Å². The number of aromatic nitrogens is 2. The highest BCUT2D eigenvalue weighted by atomic mass is 35.5. The van der Waals surface area contributed by atoms with Crippen molar-refractivity contribution in [1.29, 1.82) is 0 Å². The second-order valence-electron chi connectivity index (χ2n) is 4.38. The van der Waals surface area contributed by atoms with Gasteiger partial charge in [-0.25, -0.2) is 0 Å². The summed E-state index contributed by atoms with van der Waals surface area (Å²) in [4.78, 5) is 10.9. The summed E-state index contributed by atoms with van der Waals surface area (Å²) in [6, 6.07) is 2.79. The standard InChI is InChI=1S/C10H13ClN4O4S/c11-8-3-4-9(13-12-8)14-20(18,19)15-5-1-2-7(6-15)10(16)17/h3-4,7H,1-2,5-6H2,(H,13,14)(H,16,17). The van der Waals surface area contributed by atoms with Crippen LogP contribution in [0.1, 0.15) is 12.8 Å². The molecule has 1 aliphatic rings. The van der Waals surface area contributed by atoms with Crippen LogP contribution in [0.25, 0.3) is 0 Å². The van der Waals surface area contributed by atoms with E-state index < -0.39 is 22.1 Å². The van der Waals surface area contributed by atoms with Crippen molar-refractivity contribution in [1.82, 2.24) is 14.5 Å². The van der Waals surface area contributed by atoms with Crippen LogP contribution in [-0.4, -0.2) is 47.1 Å². The van der Waals surface area contributed by atoms with E-state index in [0.29, 0.717) is 12.8 Å². The molecule has 1 saturated heterocycles. The topological polar surface area (TPSA) is 112 Å². The maximum Gasteiger partial charge on any atom is 0.307 e. The van der Waals surface area contributed by atoms with E-state index in [0.717, 1.165) is 4.31 Å². The van der Waals surface area contributed by atoms with E-state index in [1.165, 1.54) is 12.1 Å². The van der Waals surface area contributed by atoms with E-state index >= 15 is 0 Å². The Labute approximate surface area is 120 Å². The fraction of sp³-hybridized carbons (Fsp3) is 0.500. The molecule has 2 rings (SSSR count). The molecule has 20 heavy (non-hydrogen) atoms. The number of nitrogens with zero attached hydrogens (tertiary/aromatic N) is 3. The summed E-state index contributed by atoms with van der Waals surface area (Å²) < 4.78 is 27.6. The van der Waals surface area contributed by atoms with Crippen LogP contribution in [0.2, 0.25) is 5.15 Å². The lowest BCUT2D eigenvalue weighted by atomic mass is 10.0. The van der Waals surface area contributed by atoms with Gasteiger partial charge in [0.1, 0.15) is 0 Å². The van der Waals surface area contributed by atoms with Crippen molar-refractivity contribution in [3.05, 3.63) is 17.3 Å². The van der Waals surface area contributed by atoms with E-state index in [9.17, 15) is 13.2 Å². The van der Waals surface area contributed by atoms with Crippen LogP contribution in [0.5, 0.6) is 0 Å². The first-order valence-corrected chi connectivity index (χ1v) is 7.70. The van der Waals surface area contributed by atoms with Gasteiger partial charge in [-0.2, -0.15) is 12.7 Å². The van der Waals surface area contributed by atoms with Gasteiger partial charge < -0.3 is 5.11 Å². The normalized spacial score (nSPS) is 20.6. The molecule has 1 aliphatic heterocycles. The molecule has 0 saturated carbocycles. The number of nitrogens with one attached hydrogen (secondary N) is 1. The second kappa shape index (κ2) is 5.90. The van der Waals surface area contributed by atoms with Crippen LogP contribution < -0.4 is 4.72 Å². The van der Waals surface area contributed by atoms with Gasteiger partial charge in [0, 0.05) is 13.1 Å². The highest BCUT2D eigenvalue weighted by Gasteiger charge is 2.32. The van der Waals surface area contributed by atoms with Crippen molar-refractivity contribution < 1.29 is 18.3 Å². The van der Waals surface area contributed by atoms with Gasteiger partial charge in [-0.15, -0.1) is 10.2 Å². The Morgan fingerprint density at radius 2 is 2.20 bits per heavy atom. The van der Waals surface area contributed by atoms with Crippen LogP contribution >= 0.6 is 11.6 Å². The zero-order chi connectivity index (χ0) is 14.8. The average molecular weight is 321 g/mol. The predicted octanol–water partition coefficient (Wildman–Crippen LogP) is 0.583. The number of carbonyl (C=O) groups is 1. The Kier molecular flexibility index (Phi) is 4.41. The highest BCUT2D eigenvalue weighted by Crippen LogP contribution is 2.20. The maximum atomic E-state index is 12.1. The summed E-state index contributed by atoms with van der Waals surface area (Å²) in [6.07, 6.45) is 0.978. The van der Waals surface area contributed by atoms with Gasteiger partial charge in [0.2, 0.25) is 0 Å². The number of halogens is 1. The van der Waals surface area contributed by atoms with Gasteiger partial charge in [-0.3, -0.25) is 9.52 Å². The van der Waals surface area contributed by atoms with Crippen LogP contribution in [0.4, 0.5) is 5.82 Å². The average Bonchev–Trinajstić information content (AvgIpc) is 2.41. The van der Waals surface area contributed by atoms with E-state index in [4.69, 9.17) is 16.7 Å². The van der Waals surface area contributed by atoms with Gasteiger partial charge in [0.05, 0.1) is 5.92 Å². The molecule has 1 aromatic rings. The van der Waals surface area contributed by atoms with Gasteiger partial charge in [0.25, 0.3) is 0 Å². The maximum absolute atomic E-state index is 12.1. The monoisotopic (exact) mass is 320 g/mol. The van der Waals surface area contributed by atoms with Crippen molar-refractivity contribution in [2.75, 3.05) is 17.8 Å². The Morgan fingerprint density at radius 1 is 1.45 bits per heavy atom. The Bertz CT molecular complexity index is 592. The molecule has 2 heterocycles. The SMILES string of the molecule is O=C(O)C1CCCN(S(=O)(=O)Nc2ccc(Cl)nn2)C1. The third kappa shape index (κ3) is 3.56. The van der Waals surface area contributed by atoms with E-state index in [2.05, 4.69) is 14.9 Å². The number of rotatable bonds is 4. The number of carboxylic acids is 1. The molecule has 1 unspecified atom stereocenters. The Balaban J connectivity index is 2.09. The lowest BCUT2D eigenvalue weighted by Gasteiger charge is -2.29. The summed E-state index contributed by atoms with van der Waals surface area (Å²) in [5.41, 5.74) is 0. The van der Waals surface area contributed by atoms with Gasteiger partial charge in [-0.1, -0.05) is 11.6 Å². The molecule has 8 nitrogen and oxygen atoms in total. The highest BCUT2D eigenvalue weighted by molar-refractivity contribution is 7.90. The lowest BCUT2D eigenvalue weighted by Crippen LogP contribution is -2.44. The lowest BCUT2D eigenvalue weighted by molar-refractivity contribution is -0.142. The van der Waals surface area contributed by atoms with E-state index in [1.807, 2.05) is 0 Å². The number of carboxylic acid groups (broad SMARTS) is 1. The molecular weight excluding hydrogens is 308 g/mol. The summed E-state index contributed by atoms with van der Waals surface area (Å²) in [7, 11) is -3.84. The molecule has 1 fully saturated rings. The molecule has 1 atom stereocenters. The van der Waals surface area contributed by atoms with E-state index in [1.54, 1.807) is 0 Å². The first kappa shape index (κ1) is 14.9. The smallest absolute Gasteiger partial charge is 0.307 e. The van der Waals surface area contributed by atoms with Gasteiger partial charge >= 0.3 is 16.2 Å². The fourth-order valence-corrected chi connectivity index (χ4v) is 3.28. The summed E-state index contributed by atoms with van der Waals surface area (Å²) in [5.74, 6) is -1.64. The Morgan fingerprint density at radius 3 is 2.80 bits per heavy atom. The molecule has 2 N–H and O–H groups in total. The van der Waals surface area contributed by atoms with Crippen molar-refractivity contribution >= 4 is 33.6 Å². The Hall–Kier alpha value is -1.45. The summed E-state index contributed by atoms with van der Waals surface area (Å²) in [5, 5.41) is 16.2. The molecule has 0 bridgehead atoms. The predicted molar refractivity (Wildman–Crippen MR) is 71.5 cm³/mol. The quantitative estimate of drug-likeness (QED) is 0.839. The van der Waals surface area contributed by atoms with Crippen LogP contribution in [0.3, 0.4) is 0 Å². The third-order valence-electron chi connectivity index (χ3n) is 2.94. The minimum atomic E-state index is -3.84. The number of piperidine rings is 1. The molecule has 0 aliphatic carbocycles. The van der Waals surface area contributed by atoms with Crippen molar-refractivity contribution in [2.24, 2.45) is 5.92 Å². The van der Waals surface area contributed by atoms with Crippen molar-refractivity contribution in [2.45, 2.75) is 12.8 Å². The largest absolute Gasteiger partial charge is 0.481 e. The first-order chi connectivity index (χ1) is 9.38. The minimum absolute atomic E-state index is 0.0341. The number of aliphatic carboxylic acids is 1. The molecule has 0 spiro atoms. The number of hydrogen-bond acceptors (Lipinski definition) is 5. The molecule has 10 heteroatoms. The number of anilines is 1. The minimum Gasteiger partial charge on any atom is -0.481 e. The zero-order valence-electron chi connectivity index (χ0n) is 10.4. The molecule has 1 aromatic heterocycles.